The first-order chi connectivity index (χ1) is 18.0. The standard InChI is InChI=1S/C20H14O.C10H9NO.Al/c21-18-11-10-15-12-17(9-8-16(15)13-18)20-7-3-5-14-4-1-2-6-19(14)20;1-7-5-6-8-3-2-4-9(12)10(8)11-7;/h1-13,21H;2-6,12H,1H3;/q;;+2/p-2/i;1D3;. The van der Waals surface area contributed by atoms with Crippen LogP contribution in [0.4, 0.5) is 0 Å². The predicted molar refractivity (Wildman–Crippen MR) is 140 cm³/mol. The predicted octanol–water partition coefficient (Wildman–Crippen LogP) is 7.51. The highest BCUT2D eigenvalue weighted by molar-refractivity contribution is 6.21. The molecule has 0 bridgehead atoms. The minimum absolute atomic E-state index is 0.0457. The minimum atomic E-state index is -2.27. The van der Waals surface area contributed by atoms with Gasteiger partial charge in [0.1, 0.15) is 11.3 Å². The molecule has 1 heterocycles. The van der Waals surface area contributed by atoms with E-state index in [0.717, 1.165) is 21.9 Å². The van der Waals surface area contributed by atoms with Crippen molar-refractivity contribution in [2.24, 2.45) is 0 Å². The van der Waals surface area contributed by atoms with Gasteiger partial charge >= 0.3 is 15.9 Å². The molecule has 4 heteroatoms. The van der Waals surface area contributed by atoms with Gasteiger partial charge in [-0.05, 0) is 69.9 Å². The molecule has 1 aromatic heterocycles. The molecule has 5 aromatic carbocycles. The lowest BCUT2D eigenvalue weighted by molar-refractivity contribution is 0.461. The lowest BCUT2D eigenvalue weighted by Crippen LogP contribution is -2.11. The van der Waals surface area contributed by atoms with Crippen LogP contribution in [0.15, 0.2) is 109 Å². The van der Waals surface area contributed by atoms with Gasteiger partial charge in [0.25, 0.3) is 0 Å². The topological polar surface area (TPSA) is 31.4 Å². The number of nitrogens with zero attached hydrogens (tertiary/aromatic N) is 1. The summed E-state index contributed by atoms with van der Waals surface area (Å²) in [5.41, 5.74) is 2.95. The quantitative estimate of drug-likeness (QED) is 0.251. The molecule has 0 fully saturated rings. The lowest BCUT2D eigenvalue weighted by atomic mass is 9.96. The number of hydrogen-bond acceptors (Lipinski definition) is 3. The lowest BCUT2D eigenvalue weighted by Gasteiger charge is -2.12. The van der Waals surface area contributed by atoms with E-state index in [4.69, 9.17) is 11.7 Å². The van der Waals surface area contributed by atoms with Crippen LogP contribution in [0.3, 0.4) is 0 Å². The van der Waals surface area contributed by atoms with E-state index in [2.05, 4.69) is 71.7 Å². The monoisotopic (exact) mass is 457 g/mol. The molecule has 0 aliphatic rings. The Kier molecular flexibility index (Phi) is 4.58. The molecule has 3 nitrogen and oxygen atoms in total. The third kappa shape index (κ3) is 3.99. The highest BCUT2D eigenvalue weighted by Gasteiger charge is 2.11. The largest absolute Gasteiger partial charge is 0.881 e. The van der Waals surface area contributed by atoms with Gasteiger partial charge in [0.05, 0.1) is 5.75 Å². The molecular formula is C30H21AlNO2. The molecule has 6 aromatic rings. The Balaban J connectivity index is 1.21. The van der Waals surface area contributed by atoms with Crippen LogP contribution in [0, 0.1) is 6.85 Å². The van der Waals surface area contributed by atoms with Crippen molar-refractivity contribution in [2.45, 2.75) is 6.85 Å². The van der Waals surface area contributed by atoms with Crippen LogP contribution >= 0.6 is 0 Å². The van der Waals surface area contributed by atoms with Gasteiger partial charge in [0, 0.05) is 15.2 Å². The van der Waals surface area contributed by atoms with E-state index >= 15 is 0 Å². The minimum Gasteiger partial charge on any atom is -0.616 e. The van der Waals surface area contributed by atoms with Crippen LogP contribution in [-0.4, -0.2) is 20.9 Å². The summed E-state index contributed by atoms with van der Waals surface area (Å²) in [6, 6.07) is 36.1. The van der Waals surface area contributed by atoms with Crippen molar-refractivity contribution in [3.8, 4) is 22.6 Å². The number of aryl methyl sites for hydroxylation is 1. The van der Waals surface area contributed by atoms with Crippen molar-refractivity contribution in [2.75, 3.05) is 0 Å². The molecule has 0 saturated carbocycles. The fourth-order valence-electron chi connectivity index (χ4n) is 4.29. The summed E-state index contributed by atoms with van der Waals surface area (Å²) in [6.07, 6.45) is 0. The van der Waals surface area contributed by atoms with Gasteiger partial charge in [-0.2, -0.15) is 0 Å². The Labute approximate surface area is 209 Å². The summed E-state index contributed by atoms with van der Waals surface area (Å²) in [5, 5.41) is 5.48. The van der Waals surface area contributed by atoms with E-state index in [-0.39, 0.29) is 5.69 Å². The number of fused-ring (bicyclic) bond motifs is 3. The second-order valence-electron chi connectivity index (χ2n) is 8.11. The number of rotatable bonds is 5. The first-order valence-corrected chi connectivity index (χ1v) is 12.0. The highest BCUT2D eigenvalue weighted by atomic mass is 27.2. The molecule has 0 amide bonds. The zero-order chi connectivity index (χ0) is 25.4. The van der Waals surface area contributed by atoms with Gasteiger partial charge in [0.15, 0.2) is 0 Å². The van der Waals surface area contributed by atoms with E-state index < -0.39 is 22.7 Å². The molecule has 6 rings (SSSR count). The van der Waals surface area contributed by atoms with E-state index in [9.17, 15) is 0 Å². The Hall–Kier alpha value is -3.84. The fraction of sp³-hybridized carbons (Fsp3) is 0.0333. The van der Waals surface area contributed by atoms with Gasteiger partial charge in [-0.3, -0.25) is 0 Å². The average Bonchev–Trinajstić information content (AvgIpc) is 2.92. The van der Waals surface area contributed by atoms with Gasteiger partial charge in [0.2, 0.25) is 0 Å². The Morgan fingerprint density at radius 1 is 0.676 bits per heavy atom. The van der Waals surface area contributed by atoms with Crippen molar-refractivity contribution in [1.29, 1.82) is 0 Å². The van der Waals surface area contributed by atoms with Crippen molar-refractivity contribution in [3.05, 3.63) is 115 Å². The number of para-hydroxylation sites is 1. The number of benzene rings is 5. The zero-order valence-corrected chi connectivity index (χ0v) is 19.4. The summed E-state index contributed by atoms with van der Waals surface area (Å²) >= 11 is -0.876. The Morgan fingerprint density at radius 2 is 1.47 bits per heavy atom. The van der Waals surface area contributed by atoms with Crippen molar-refractivity contribution in [3.63, 3.8) is 0 Å². The normalized spacial score (nSPS) is 12.8. The first kappa shape index (κ1) is 17.6. The van der Waals surface area contributed by atoms with Crippen LogP contribution in [0.5, 0.6) is 11.5 Å². The van der Waals surface area contributed by atoms with Gasteiger partial charge < -0.3 is 7.58 Å². The van der Waals surface area contributed by atoms with Crippen LogP contribution in [0.1, 0.15) is 9.81 Å². The zero-order valence-electron chi connectivity index (χ0n) is 21.2. The summed E-state index contributed by atoms with van der Waals surface area (Å²) < 4.78 is 34.8. The fourth-order valence-corrected chi connectivity index (χ4v) is 4.89. The number of hydrogen-bond donors (Lipinski definition) is 0. The molecule has 34 heavy (non-hydrogen) atoms. The molecule has 0 atom stereocenters. The molecule has 161 valence electrons. The third-order valence-electron chi connectivity index (χ3n) is 5.95. The van der Waals surface area contributed by atoms with Crippen LogP contribution < -0.4 is 7.58 Å². The third-order valence-corrected chi connectivity index (χ3v) is 6.67. The number of pyridine rings is 1. The van der Waals surface area contributed by atoms with Gasteiger partial charge in [-0.15, -0.1) is 0 Å². The second kappa shape index (κ2) is 8.84. The maximum Gasteiger partial charge on any atom is 0.881 e. The van der Waals surface area contributed by atoms with E-state index in [1.165, 1.54) is 28.0 Å². The maximum absolute atomic E-state index is 7.64. The molecule has 1 radical (unpaired) electrons. The summed E-state index contributed by atoms with van der Waals surface area (Å²) in [7, 11) is 0. The van der Waals surface area contributed by atoms with Crippen LogP contribution in [-0.2, 0) is 0 Å². The van der Waals surface area contributed by atoms with E-state index in [1.807, 2.05) is 24.3 Å². The Bertz CT molecular complexity index is 1760. The van der Waals surface area contributed by atoms with E-state index in [1.54, 1.807) is 12.1 Å². The summed E-state index contributed by atoms with van der Waals surface area (Å²) in [6.45, 7) is -2.27. The summed E-state index contributed by atoms with van der Waals surface area (Å²) in [4.78, 5) is 4.34. The first-order valence-electron chi connectivity index (χ1n) is 12.5. The highest BCUT2D eigenvalue weighted by Crippen LogP contribution is 2.32. The van der Waals surface area contributed by atoms with E-state index in [0.29, 0.717) is 11.3 Å². The Morgan fingerprint density at radius 3 is 2.44 bits per heavy atom. The molecular weight excluding hydrogens is 433 g/mol. The SMILES string of the molecule is [2H]C([2H])([2H])c1ccc2cccc([O][Al][O]c3ccc4cc(-c5cccc6ccccc56)ccc4c3)c2n1. The van der Waals surface area contributed by atoms with Crippen LogP contribution in [0.25, 0.3) is 43.6 Å². The smallest absolute Gasteiger partial charge is 0.616 e. The molecule has 0 saturated heterocycles. The molecule has 0 spiro atoms. The van der Waals surface area contributed by atoms with Crippen molar-refractivity contribution >= 4 is 48.3 Å². The van der Waals surface area contributed by atoms with Crippen LogP contribution in [0.2, 0.25) is 0 Å². The van der Waals surface area contributed by atoms with Gasteiger partial charge in [-0.1, -0.05) is 78.9 Å². The maximum atomic E-state index is 7.64. The second-order valence-corrected chi connectivity index (χ2v) is 8.77. The van der Waals surface area contributed by atoms with Crippen molar-refractivity contribution < 1.29 is 11.7 Å². The molecule has 0 aliphatic carbocycles. The molecule has 0 N–H and O–H groups in total. The average molecular weight is 458 g/mol. The van der Waals surface area contributed by atoms with Gasteiger partial charge in [-0.25, -0.2) is 4.98 Å². The molecule has 0 aliphatic heterocycles. The molecule has 0 unspecified atom stereocenters. The van der Waals surface area contributed by atoms with Crippen molar-refractivity contribution in [1.82, 2.24) is 4.98 Å². The number of aromatic nitrogens is 1. The summed E-state index contributed by atoms with van der Waals surface area (Å²) in [5.74, 6) is 1.23.